The summed E-state index contributed by atoms with van der Waals surface area (Å²) in [7, 11) is 0. The van der Waals surface area contributed by atoms with E-state index >= 15 is 0 Å². The molecule has 1 saturated heterocycles. The lowest BCUT2D eigenvalue weighted by molar-refractivity contribution is -0.127. The molecule has 1 aliphatic heterocycles. The minimum atomic E-state index is -0.769. The average molecular weight is 403 g/mol. The summed E-state index contributed by atoms with van der Waals surface area (Å²) in [6.45, 7) is 5.36. The smallest absolute Gasteiger partial charge is 0.294 e. The maximum absolute atomic E-state index is 12.7. The van der Waals surface area contributed by atoms with Crippen molar-refractivity contribution >= 4 is 28.9 Å². The van der Waals surface area contributed by atoms with Gasteiger partial charge in [-0.2, -0.15) is 0 Å². The predicted molar refractivity (Wildman–Crippen MR) is 111 cm³/mol. The Kier molecular flexibility index (Phi) is 8.20. The van der Waals surface area contributed by atoms with Crippen molar-refractivity contribution in [3.8, 4) is 0 Å². The topological polar surface area (TPSA) is 144 Å². The van der Waals surface area contributed by atoms with E-state index in [4.69, 9.17) is 10.8 Å². The first-order valence-corrected chi connectivity index (χ1v) is 9.79. The minimum Gasteiger partial charge on any atom is -0.360 e. The molecule has 1 aromatic rings. The summed E-state index contributed by atoms with van der Waals surface area (Å²) in [5.41, 5.74) is -0.352. The molecule has 2 heterocycles. The van der Waals surface area contributed by atoms with E-state index in [1.54, 1.807) is 6.92 Å². The molecule has 0 radical (unpaired) electrons. The molecule has 0 unspecified atom stereocenters. The van der Waals surface area contributed by atoms with Crippen molar-refractivity contribution in [3.05, 3.63) is 22.7 Å². The molecule has 0 bridgehead atoms. The maximum atomic E-state index is 12.7. The number of carbonyl (C=O) groups excluding carboxylic acids is 2. The van der Waals surface area contributed by atoms with Crippen LogP contribution in [0.15, 0.2) is 17.2 Å². The van der Waals surface area contributed by atoms with E-state index in [2.05, 4.69) is 20.5 Å². The second kappa shape index (κ2) is 10.6. The van der Waals surface area contributed by atoms with Crippen molar-refractivity contribution in [2.45, 2.75) is 39.2 Å². The van der Waals surface area contributed by atoms with Gasteiger partial charge in [0, 0.05) is 12.4 Å². The summed E-state index contributed by atoms with van der Waals surface area (Å²) in [5, 5.41) is 20.5. The molecule has 0 spiro atoms. The lowest BCUT2D eigenvalue weighted by atomic mass is 10.2. The van der Waals surface area contributed by atoms with E-state index < -0.39 is 17.5 Å². The quantitative estimate of drug-likeness (QED) is 0.395. The number of carbonyl (C=O) groups is 2. The number of Topliss-reactive ketones (excluding diaryl/α,β-unsaturated/α-hetero) is 1. The second-order valence-corrected chi connectivity index (χ2v) is 7.11. The predicted octanol–water partition coefficient (Wildman–Crippen LogP) is 0.447. The zero-order chi connectivity index (χ0) is 21.4. The van der Waals surface area contributed by atoms with Crippen LogP contribution in [0.2, 0.25) is 0 Å². The molecular weight excluding hydrogens is 374 g/mol. The molecule has 0 aromatic carbocycles. The highest BCUT2D eigenvalue weighted by Gasteiger charge is 2.22. The number of hydrogen-bond donors (Lipinski definition) is 4. The van der Waals surface area contributed by atoms with Gasteiger partial charge < -0.3 is 21.5 Å². The van der Waals surface area contributed by atoms with Crippen LogP contribution in [0.25, 0.3) is 0 Å². The first-order chi connectivity index (χ1) is 13.8. The molecule has 29 heavy (non-hydrogen) atoms. The zero-order valence-electron chi connectivity index (χ0n) is 17.0. The molecule has 1 aromatic heterocycles. The molecule has 10 nitrogen and oxygen atoms in total. The number of ketones is 1. The summed E-state index contributed by atoms with van der Waals surface area (Å²) in [4.78, 5) is 43.4. The first-order valence-electron chi connectivity index (χ1n) is 9.79. The molecule has 1 aliphatic rings. The highest BCUT2D eigenvalue weighted by Crippen LogP contribution is 2.10. The Hall–Kier alpha value is -2.88. The van der Waals surface area contributed by atoms with Gasteiger partial charge in [-0.1, -0.05) is 6.92 Å². The Bertz CT molecular complexity index is 827. The Morgan fingerprint density at radius 2 is 1.93 bits per heavy atom. The monoisotopic (exact) mass is 403 g/mol. The summed E-state index contributed by atoms with van der Waals surface area (Å²) in [6.07, 6.45) is 5.39. The Balaban J connectivity index is 2.00. The van der Waals surface area contributed by atoms with E-state index in [-0.39, 0.29) is 36.1 Å². The van der Waals surface area contributed by atoms with Crippen LogP contribution < -0.4 is 16.2 Å². The van der Waals surface area contributed by atoms with Crippen molar-refractivity contribution < 1.29 is 9.59 Å². The normalized spacial score (nSPS) is 15.0. The molecule has 2 rings (SSSR count). The Morgan fingerprint density at radius 3 is 2.55 bits per heavy atom. The van der Waals surface area contributed by atoms with Gasteiger partial charge in [0.2, 0.25) is 5.91 Å². The van der Waals surface area contributed by atoms with E-state index in [0.717, 1.165) is 25.9 Å². The fourth-order valence-electron chi connectivity index (χ4n) is 3.15. The average Bonchev–Trinajstić information content (AvgIpc) is 3.19. The van der Waals surface area contributed by atoms with E-state index in [1.165, 1.54) is 23.9 Å². The molecule has 1 atom stereocenters. The van der Waals surface area contributed by atoms with Crippen LogP contribution in [0, 0.1) is 10.8 Å². The summed E-state index contributed by atoms with van der Waals surface area (Å²) in [6, 6.07) is -0.769. The van der Waals surface area contributed by atoms with Gasteiger partial charge in [-0.15, -0.1) is 0 Å². The number of aromatic nitrogens is 2. The number of anilines is 1. The van der Waals surface area contributed by atoms with E-state index in [0.29, 0.717) is 13.0 Å². The van der Waals surface area contributed by atoms with Crippen LogP contribution >= 0.6 is 0 Å². The summed E-state index contributed by atoms with van der Waals surface area (Å²) in [5.74, 6) is -0.445. The lowest BCUT2D eigenvalue weighted by Crippen LogP contribution is -2.41. The fraction of sp³-hybridized carbons (Fsp3) is 0.579. The highest BCUT2D eigenvalue weighted by atomic mass is 16.2. The molecule has 0 saturated carbocycles. The summed E-state index contributed by atoms with van der Waals surface area (Å²) < 4.78 is 1.27. The van der Waals surface area contributed by atoms with Crippen LogP contribution in [0.5, 0.6) is 0 Å². The highest BCUT2D eigenvalue weighted by molar-refractivity contribution is 6.40. The number of likely N-dealkylation sites (tertiary alicyclic amines) is 1. The molecule has 0 aliphatic carbocycles. The van der Waals surface area contributed by atoms with Crippen LogP contribution in [0.4, 0.5) is 5.82 Å². The maximum Gasteiger partial charge on any atom is 0.294 e. The second-order valence-electron chi connectivity index (χ2n) is 7.11. The van der Waals surface area contributed by atoms with Crippen LogP contribution in [0.1, 0.15) is 39.2 Å². The number of amides is 1. The van der Waals surface area contributed by atoms with Crippen LogP contribution in [0.3, 0.4) is 0 Å². The largest absolute Gasteiger partial charge is 0.360 e. The standard InChI is InChI=1S/C19H29N7O3/c1-3-16(18(28)24-10-14(27)12-25-7-4-5-8-25)26-9-6-22-17(19(26)29)23-11-15(21)13(2)20/h6,9,16,20-21H,3-5,7-8,10-12H2,1-2H3,(H,22,23)(H,24,28)/t16-/m0/s1. The fourth-order valence-corrected chi connectivity index (χ4v) is 3.15. The first kappa shape index (κ1) is 22.4. The van der Waals surface area contributed by atoms with Gasteiger partial charge in [-0.05, 0) is 39.3 Å². The van der Waals surface area contributed by atoms with Crippen molar-refractivity contribution in [1.82, 2.24) is 19.8 Å². The zero-order valence-corrected chi connectivity index (χ0v) is 17.0. The van der Waals surface area contributed by atoms with Crippen molar-refractivity contribution in [2.24, 2.45) is 0 Å². The van der Waals surface area contributed by atoms with Gasteiger partial charge in [0.25, 0.3) is 5.56 Å². The van der Waals surface area contributed by atoms with Gasteiger partial charge in [0.15, 0.2) is 11.6 Å². The van der Waals surface area contributed by atoms with E-state index in [1.807, 2.05) is 0 Å². The van der Waals surface area contributed by atoms with E-state index in [9.17, 15) is 14.4 Å². The number of nitrogens with one attached hydrogen (secondary N) is 4. The van der Waals surface area contributed by atoms with Gasteiger partial charge >= 0.3 is 0 Å². The third kappa shape index (κ3) is 6.31. The molecule has 1 amide bonds. The van der Waals surface area contributed by atoms with Gasteiger partial charge in [-0.3, -0.25) is 23.9 Å². The number of nitrogens with zero attached hydrogens (tertiary/aromatic N) is 3. The number of hydrogen-bond acceptors (Lipinski definition) is 8. The SMILES string of the molecule is CC[C@@H](C(=O)NCC(=O)CN1CCCC1)n1ccnc(NCC(=N)C(C)=N)c1=O. The van der Waals surface area contributed by atoms with Gasteiger partial charge in [0.1, 0.15) is 6.04 Å². The van der Waals surface area contributed by atoms with Crippen LogP contribution in [-0.4, -0.2) is 70.3 Å². The van der Waals surface area contributed by atoms with Crippen LogP contribution in [-0.2, 0) is 9.59 Å². The van der Waals surface area contributed by atoms with Gasteiger partial charge in [-0.25, -0.2) is 4.98 Å². The van der Waals surface area contributed by atoms with Crippen molar-refractivity contribution in [1.29, 1.82) is 10.8 Å². The molecule has 10 heteroatoms. The summed E-state index contributed by atoms with van der Waals surface area (Å²) >= 11 is 0. The molecular formula is C19H29N7O3. The minimum absolute atomic E-state index is 0.00439. The third-order valence-corrected chi connectivity index (χ3v) is 4.84. The lowest BCUT2D eigenvalue weighted by Gasteiger charge is -2.19. The third-order valence-electron chi connectivity index (χ3n) is 4.84. The van der Waals surface area contributed by atoms with Crippen molar-refractivity contribution in [2.75, 3.05) is 38.0 Å². The van der Waals surface area contributed by atoms with Gasteiger partial charge in [0.05, 0.1) is 31.1 Å². The van der Waals surface area contributed by atoms with Crippen molar-refractivity contribution in [3.63, 3.8) is 0 Å². The molecule has 4 N–H and O–H groups in total. The Morgan fingerprint density at radius 1 is 1.24 bits per heavy atom. The molecule has 158 valence electrons. The molecule has 1 fully saturated rings. The Labute approximate surface area is 169 Å². The number of rotatable bonds is 11.